The van der Waals surface area contributed by atoms with Crippen molar-refractivity contribution in [1.29, 1.82) is 0 Å². The molecule has 0 aromatic heterocycles. The zero-order valence-corrected chi connectivity index (χ0v) is 14.0. The Morgan fingerprint density at radius 1 is 1.23 bits per heavy atom. The number of alkyl halides is 3. The van der Waals surface area contributed by atoms with Gasteiger partial charge in [-0.2, -0.15) is 10.2 Å². The molecule has 7 heteroatoms. The molecule has 2 aromatic carbocycles. The number of nitrogens with zero attached hydrogens (tertiary/aromatic N) is 2. The molecule has 1 unspecified atom stereocenters. The van der Waals surface area contributed by atoms with Crippen molar-refractivity contribution in [3.05, 3.63) is 42.0 Å². The van der Waals surface area contributed by atoms with Crippen molar-refractivity contribution in [1.82, 2.24) is 10.5 Å². The minimum absolute atomic E-state index is 0.103. The smallest absolute Gasteiger partial charge is 0.296 e. The Morgan fingerprint density at radius 3 is 2.73 bits per heavy atom. The molecule has 1 aliphatic heterocycles. The summed E-state index contributed by atoms with van der Waals surface area (Å²) in [4.78, 5) is 0. The first kappa shape index (κ1) is 15.7. The van der Waals surface area contributed by atoms with E-state index in [1.165, 1.54) is 5.12 Å². The number of benzene rings is 2. The van der Waals surface area contributed by atoms with Gasteiger partial charge >= 0.3 is 0 Å². The Kier molecular flexibility index (Phi) is 4.37. The summed E-state index contributed by atoms with van der Waals surface area (Å²) in [5.41, 5.74) is 4.16. The summed E-state index contributed by atoms with van der Waals surface area (Å²) >= 11 is 17.7. The molecule has 1 atom stereocenters. The first-order chi connectivity index (χ1) is 10.5. The summed E-state index contributed by atoms with van der Waals surface area (Å²) in [5, 5.41) is 7.53. The quantitative estimate of drug-likeness (QED) is 0.638. The zero-order chi connectivity index (χ0) is 15.7. The lowest BCUT2D eigenvalue weighted by Gasteiger charge is -2.34. The summed E-state index contributed by atoms with van der Waals surface area (Å²) < 4.78 is 3.87. The molecule has 1 aliphatic rings. The number of ether oxygens (including phenoxy) is 1. The fourth-order valence-electron chi connectivity index (χ4n) is 2.60. The van der Waals surface area contributed by atoms with Crippen LogP contribution in [-0.4, -0.2) is 22.4 Å². The largest absolute Gasteiger partial charge is 0.496 e. The topological polar surface area (TPSA) is 36.9 Å². The molecule has 1 N–H and O–H groups in total. The molecular formula is C15H14Cl3N3O. The number of rotatable bonds is 2. The molecule has 0 fully saturated rings. The van der Waals surface area contributed by atoms with Gasteiger partial charge in [-0.1, -0.05) is 65.1 Å². The minimum Gasteiger partial charge on any atom is -0.496 e. The Hall–Kier alpha value is -1.20. The van der Waals surface area contributed by atoms with E-state index in [9.17, 15) is 0 Å². The second kappa shape index (κ2) is 6.13. The molecule has 0 spiro atoms. The van der Waals surface area contributed by atoms with Gasteiger partial charge in [0.05, 0.1) is 13.2 Å². The monoisotopic (exact) mass is 357 g/mol. The van der Waals surface area contributed by atoms with Crippen LogP contribution in [0.2, 0.25) is 0 Å². The van der Waals surface area contributed by atoms with Gasteiger partial charge in [-0.3, -0.25) is 0 Å². The third kappa shape index (κ3) is 2.97. The first-order valence-electron chi connectivity index (χ1n) is 6.72. The van der Waals surface area contributed by atoms with Crippen molar-refractivity contribution in [3.8, 4) is 5.75 Å². The number of nitrogens with one attached hydrogen (secondary N) is 1. The van der Waals surface area contributed by atoms with Crippen LogP contribution in [0.25, 0.3) is 10.8 Å². The molecule has 0 amide bonds. The molecule has 0 saturated carbocycles. The number of hydrazone groups is 1. The highest BCUT2D eigenvalue weighted by Gasteiger charge is 2.34. The Morgan fingerprint density at radius 2 is 2.00 bits per heavy atom. The fourth-order valence-corrected chi connectivity index (χ4v) is 2.88. The lowest BCUT2D eigenvalue weighted by atomic mass is 9.96. The second-order valence-corrected chi connectivity index (χ2v) is 7.12. The molecule has 0 aliphatic carbocycles. The number of hydrogen-bond acceptors (Lipinski definition) is 4. The van der Waals surface area contributed by atoms with E-state index >= 15 is 0 Å². The maximum atomic E-state index is 5.91. The van der Waals surface area contributed by atoms with E-state index in [1.807, 2.05) is 24.3 Å². The van der Waals surface area contributed by atoms with Crippen LogP contribution in [0.1, 0.15) is 18.0 Å². The molecule has 116 valence electrons. The third-order valence-corrected chi connectivity index (χ3v) is 4.04. The van der Waals surface area contributed by atoms with E-state index in [2.05, 4.69) is 22.7 Å². The second-order valence-electron chi connectivity index (χ2n) is 4.90. The summed E-state index contributed by atoms with van der Waals surface area (Å²) in [6.07, 6.45) is 2.39. The van der Waals surface area contributed by atoms with Crippen LogP contribution < -0.4 is 10.2 Å². The lowest BCUT2D eigenvalue weighted by molar-refractivity contribution is 0.151. The Balaban J connectivity index is 2.08. The average Bonchev–Trinajstić information content (AvgIpc) is 2.53. The van der Waals surface area contributed by atoms with Gasteiger partial charge in [-0.25, -0.2) is 5.43 Å². The fraction of sp³-hybridized carbons (Fsp3) is 0.267. The predicted molar refractivity (Wildman–Crippen MR) is 91.6 cm³/mol. The average molecular weight is 359 g/mol. The summed E-state index contributed by atoms with van der Waals surface area (Å²) in [6.45, 7) is 0. The molecule has 0 bridgehead atoms. The van der Waals surface area contributed by atoms with Crippen LogP contribution in [0.4, 0.5) is 0 Å². The summed E-state index contributed by atoms with van der Waals surface area (Å²) in [5.74, 6) is 0.788. The van der Waals surface area contributed by atoms with Crippen LogP contribution in [0.3, 0.4) is 0 Å². The number of hydrazine groups is 1. The molecule has 2 aromatic rings. The van der Waals surface area contributed by atoms with Crippen molar-refractivity contribution in [2.75, 3.05) is 7.11 Å². The van der Waals surface area contributed by atoms with Gasteiger partial charge in [-0.15, -0.1) is 0 Å². The van der Waals surface area contributed by atoms with Gasteiger partial charge in [0.2, 0.25) is 0 Å². The first-order valence-corrected chi connectivity index (χ1v) is 7.85. The molecule has 0 radical (unpaired) electrons. The number of fused-ring (bicyclic) bond motifs is 1. The van der Waals surface area contributed by atoms with Crippen molar-refractivity contribution in [2.45, 2.75) is 16.4 Å². The number of hydrogen-bond donors (Lipinski definition) is 1. The molecular weight excluding hydrogens is 345 g/mol. The van der Waals surface area contributed by atoms with Crippen molar-refractivity contribution in [3.63, 3.8) is 0 Å². The van der Waals surface area contributed by atoms with Gasteiger partial charge in [0.1, 0.15) is 5.75 Å². The normalized spacial score (nSPS) is 18.7. The van der Waals surface area contributed by atoms with Gasteiger partial charge in [0.25, 0.3) is 3.92 Å². The van der Waals surface area contributed by atoms with E-state index in [1.54, 1.807) is 13.3 Å². The van der Waals surface area contributed by atoms with Crippen molar-refractivity contribution in [2.24, 2.45) is 5.10 Å². The van der Waals surface area contributed by atoms with Gasteiger partial charge in [0.15, 0.2) is 0 Å². The Bertz CT molecular complexity index is 715. The minimum atomic E-state index is -1.66. The van der Waals surface area contributed by atoms with Crippen LogP contribution in [0, 0.1) is 0 Å². The molecule has 3 rings (SSSR count). The molecule has 1 heterocycles. The van der Waals surface area contributed by atoms with Crippen molar-refractivity contribution >= 4 is 51.8 Å². The van der Waals surface area contributed by atoms with E-state index in [-0.39, 0.29) is 6.04 Å². The van der Waals surface area contributed by atoms with E-state index < -0.39 is 3.92 Å². The maximum Gasteiger partial charge on any atom is 0.296 e. The summed E-state index contributed by atoms with van der Waals surface area (Å²) in [7, 11) is 1.65. The maximum absolute atomic E-state index is 5.91. The Labute approximate surface area is 143 Å². The molecule has 0 saturated heterocycles. The third-order valence-electron chi connectivity index (χ3n) is 3.56. The van der Waals surface area contributed by atoms with Gasteiger partial charge < -0.3 is 4.74 Å². The highest BCUT2D eigenvalue weighted by molar-refractivity contribution is 6.67. The van der Waals surface area contributed by atoms with E-state index in [4.69, 9.17) is 39.5 Å². The molecule has 4 nitrogen and oxygen atoms in total. The van der Waals surface area contributed by atoms with Gasteiger partial charge in [0, 0.05) is 18.2 Å². The van der Waals surface area contributed by atoms with E-state index in [0.717, 1.165) is 22.1 Å². The van der Waals surface area contributed by atoms with E-state index in [0.29, 0.717) is 6.42 Å². The highest BCUT2D eigenvalue weighted by atomic mass is 35.6. The van der Waals surface area contributed by atoms with Crippen LogP contribution in [0.5, 0.6) is 5.75 Å². The number of methoxy groups -OCH3 is 1. The number of halogens is 3. The van der Waals surface area contributed by atoms with Gasteiger partial charge in [-0.05, 0) is 16.8 Å². The molecule has 22 heavy (non-hydrogen) atoms. The lowest BCUT2D eigenvalue weighted by Crippen LogP contribution is -2.46. The highest BCUT2D eigenvalue weighted by Crippen LogP contribution is 2.38. The van der Waals surface area contributed by atoms with Crippen LogP contribution >= 0.6 is 34.8 Å². The zero-order valence-electron chi connectivity index (χ0n) is 11.8. The standard InChI is InChI=1S/C15H14Cl3N3O/c1-22-13-7-6-10-4-2-3-5-11(10)14(13)12-8-9-19-21(20-12)15(16,17)18/h2-7,9,12,20H,8H2,1H3. The van der Waals surface area contributed by atoms with Crippen LogP contribution in [-0.2, 0) is 0 Å². The van der Waals surface area contributed by atoms with Crippen molar-refractivity contribution < 1.29 is 4.74 Å². The predicted octanol–water partition coefficient (Wildman–Crippen LogP) is 4.41. The SMILES string of the molecule is COc1ccc2ccccc2c1C1CC=NN(C(Cl)(Cl)Cl)N1. The van der Waals surface area contributed by atoms with Crippen LogP contribution in [0.15, 0.2) is 41.5 Å². The summed E-state index contributed by atoms with van der Waals surface area (Å²) in [6, 6.07) is 12.0.